The van der Waals surface area contributed by atoms with E-state index in [0.717, 1.165) is 31.9 Å². The Morgan fingerprint density at radius 1 is 1.25 bits per heavy atom. The number of anilines is 1. The van der Waals surface area contributed by atoms with Gasteiger partial charge in [-0.05, 0) is 25.2 Å². The van der Waals surface area contributed by atoms with Gasteiger partial charge in [0.1, 0.15) is 6.07 Å². The number of benzene rings is 1. The van der Waals surface area contributed by atoms with Crippen molar-refractivity contribution in [2.45, 2.75) is 13.8 Å². The molecule has 3 heteroatoms. The highest BCUT2D eigenvalue weighted by atomic mass is 15.1. The highest BCUT2D eigenvalue weighted by molar-refractivity contribution is 5.57. The molecule has 86 valence electrons. The highest BCUT2D eigenvalue weighted by Crippen LogP contribution is 2.12. The lowest BCUT2D eigenvalue weighted by Gasteiger charge is -2.18. The van der Waals surface area contributed by atoms with E-state index in [1.807, 2.05) is 24.3 Å². The summed E-state index contributed by atoms with van der Waals surface area (Å²) in [5.74, 6) is 0. The van der Waals surface area contributed by atoms with E-state index < -0.39 is 0 Å². The molecule has 0 saturated carbocycles. The van der Waals surface area contributed by atoms with Crippen LogP contribution in [-0.2, 0) is 0 Å². The van der Waals surface area contributed by atoms with E-state index in [-0.39, 0.29) is 0 Å². The molecular formula is C13H19N3. The van der Waals surface area contributed by atoms with E-state index in [2.05, 4.69) is 30.1 Å². The minimum absolute atomic E-state index is 0.710. The van der Waals surface area contributed by atoms with Crippen LogP contribution in [0.1, 0.15) is 19.4 Å². The van der Waals surface area contributed by atoms with Gasteiger partial charge < -0.3 is 10.2 Å². The van der Waals surface area contributed by atoms with E-state index >= 15 is 0 Å². The maximum Gasteiger partial charge on any atom is 0.101 e. The third-order valence-electron chi connectivity index (χ3n) is 2.69. The first-order valence-electron chi connectivity index (χ1n) is 5.77. The van der Waals surface area contributed by atoms with Gasteiger partial charge in [0.15, 0.2) is 0 Å². The molecule has 0 aliphatic rings. The van der Waals surface area contributed by atoms with Crippen LogP contribution in [0.4, 0.5) is 5.69 Å². The summed E-state index contributed by atoms with van der Waals surface area (Å²) in [6.07, 6.45) is 0. The van der Waals surface area contributed by atoms with Crippen molar-refractivity contribution in [2.75, 3.05) is 31.5 Å². The Labute approximate surface area is 97.7 Å². The Morgan fingerprint density at radius 3 is 2.56 bits per heavy atom. The molecule has 1 aromatic rings. The van der Waals surface area contributed by atoms with Crippen molar-refractivity contribution in [3.8, 4) is 6.07 Å². The number of hydrogen-bond acceptors (Lipinski definition) is 3. The number of nitrogens with zero attached hydrogens (tertiary/aromatic N) is 2. The summed E-state index contributed by atoms with van der Waals surface area (Å²) in [7, 11) is 0. The van der Waals surface area contributed by atoms with Gasteiger partial charge >= 0.3 is 0 Å². The Balaban J connectivity index is 2.46. The molecular weight excluding hydrogens is 198 g/mol. The number of nitrogens with one attached hydrogen (secondary N) is 1. The van der Waals surface area contributed by atoms with E-state index in [1.54, 1.807) is 0 Å². The third-order valence-corrected chi connectivity index (χ3v) is 2.69. The number of hydrogen-bond donors (Lipinski definition) is 1. The lowest BCUT2D eigenvalue weighted by molar-refractivity contribution is 0.316. The van der Waals surface area contributed by atoms with Gasteiger partial charge in [-0.15, -0.1) is 0 Å². The molecule has 0 aromatic heterocycles. The van der Waals surface area contributed by atoms with Gasteiger partial charge in [0, 0.05) is 13.1 Å². The molecule has 0 aliphatic carbocycles. The summed E-state index contributed by atoms with van der Waals surface area (Å²) < 4.78 is 0. The molecule has 0 unspecified atom stereocenters. The monoisotopic (exact) mass is 217 g/mol. The maximum atomic E-state index is 8.92. The lowest BCUT2D eigenvalue weighted by atomic mass is 10.2. The molecule has 0 heterocycles. The Bertz CT molecular complexity index is 350. The fourth-order valence-corrected chi connectivity index (χ4v) is 1.62. The summed E-state index contributed by atoms with van der Waals surface area (Å²) in [5.41, 5.74) is 1.64. The SMILES string of the molecule is CCN(CC)CCNc1ccccc1C#N. The van der Waals surface area contributed by atoms with Gasteiger partial charge in [-0.2, -0.15) is 5.26 Å². The fraction of sp³-hybridized carbons (Fsp3) is 0.462. The average molecular weight is 217 g/mol. The maximum absolute atomic E-state index is 8.92. The summed E-state index contributed by atoms with van der Waals surface area (Å²) in [6, 6.07) is 9.79. The van der Waals surface area contributed by atoms with E-state index in [1.165, 1.54) is 0 Å². The molecule has 1 aromatic carbocycles. The van der Waals surface area contributed by atoms with Crippen molar-refractivity contribution in [1.82, 2.24) is 4.90 Å². The first-order valence-corrected chi connectivity index (χ1v) is 5.77. The molecule has 0 bridgehead atoms. The second-order valence-corrected chi connectivity index (χ2v) is 3.61. The number of para-hydroxylation sites is 1. The van der Waals surface area contributed by atoms with Crippen LogP contribution in [0.15, 0.2) is 24.3 Å². The van der Waals surface area contributed by atoms with Crippen LogP contribution < -0.4 is 5.32 Å². The molecule has 0 aliphatic heterocycles. The number of likely N-dealkylation sites (N-methyl/N-ethyl adjacent to an activating group) is 1. The first-order chi connectivity index (χ1) is 7.81. The first kappa shape index (κ1) is 12.5. The fourth-order valence-electron chi connectivity index (χ4n) is 1.62. The molecule has 1 rings (SSSR count). The molecule has 0 saturated heterocycles. The second kappa shape index (κ2) is 6.86. The van der Waals surface area contributed by atoms with Crippen molar-refractivity contribution in [3.05, 3.63) is 29.8 Å². The molecule has 0 amide bonds. The average Bonchev–Trinajstić information content (AvgIpc) is 2.35. The van der Waals surface area contributed by atoms with Crippen LogP contribution >= 0.6 is 0 Å². The van der Waals surface area contributed by atoms with Crippen LogP contribution in [0.2, 0.25) is 0 Å². The zero-order chi connectivity index (χ0) is 11.8. The molecule has 16 heavy (non-hydrogen) atoms. The van der Waals surface area contributed by atoms with Crippen molar-refractivity contribution in [3.63, 3.8) is 0 Å². The van der Waals surface area contributed by atoms with E-state index in [4.69, 9.17) is 5.26 Å². The Hall–Kier alpha value is -1.53. The van der Waals surface area contributed by atoms with Crippen LogP contribution in [0.5, 0.6) is 0 Å². The molecule has 1 N–H and O–H groups in total. The van der Waals surface area contributed by atoms with Crippen LogP contribution in [0.25, 0.3) is 0 Å². The Morgan fingerprint density at radius 2 is 1.94 bits per heavy atom. The van der Waals surface area contributed by atoms with Crippen molar-refractivity contribution in [1.29, 1.82) is 5.26 Å². The van der Waals surface area contributed by atoms with Gasteiger partial charge in [-0.3, -0.25) is 0 Å². The quantitative estimate of drug-likeness (QED) is 0.794. The van der Waals surface area contributed by atoms with E-state index in [9.17, 15) is 0 Å². The summed E-state index contributed by atoms with van der Waals surface area (Å²) in [5, 5.41) is 12.2. The van der Waals surface area contributed by atoms with Crippen LogP contribution in [0, 0.1) is 11.3 Å². The topological polar surface area (TPSA) is 39.1 Å². The molecule has 0 atom stereocenters. The van der Waals surface area contributed by atoms with Gasteiger partial charge in [-0.25, -0.2) is 0 Å². The molecule has 0 spiro atoms. The van der Waals surface area contributed by atoms with E-state index in [0.29, 0.717) is 5.56 Å². The predicted molar refractivity (Wildman–Crippen MR) is 67.4 cm³/mol. The lowest BCUT2D eigenvalue weighted by Crippen LogP contribution is -2.28. The second-order valence-electron chi connectivity index (χ2n) is 3.61. The van der Waals surface area contributed by atoms with Crippen LogP contribution in [0.3, 0.4) is 0 Å². The smallest absolute Gasteiger partial charge is 0.101 e. The minimum Gasteiger partial charge on any atom is -0.383 e. The van der Waals surface area contributed by atoms with Crippen molar-refractivity contribution >= 4 is 5.69 Å². The zero-order valence-corrected chi connectivity index (χ0v) is 10.0. The largest absolute Gasteiger partial charge is 0.383 e. The van der Waals surface area contributed by atoms with Crippen molar-refractivity contribution < 1.29 is 0 Å². The summed E-state index contributed by atoms with van der Waals surface area (Å²) in [4.78, 5) is 2.35. The highest BCUT2D eigenvalue weighted by Gasteiger charge is 2.01. The predicted octanol–water partition coefficient (Wildman–Crippen LogP) is 2.31. The molecule has 3 nitrogen and oxygen atoms in total. The van der Waals surface area contributed by atoms with Gasteiger partial charge in [0.05, 0.1) is 11.3 Å². The van der Waals surface area contributed by atoms with Gasteiger partial charge in [-0.1, -0.05) is 26.0 Å². The standard InChI is InChI=1S/C13H19N3/c1-3-16(4-2)10-9-15-13-8-6-5-7-12(13)11-14/h5-8,15H,3-4,9-10H2,1-2H3. The summed E-state index contributed by atoms with van der Waals surface area (Å²) in [6.45, 7) is 8.34. The van der Waals surface area contributed by atoms with Gasteiger partial charge in [0.25, 0.3) is 0 Å². The molecule has 0 radical (unpaired) electrons. The minimum atomic E-state index is 0.710. The normalized spacial score (nSPS) is 10.1. The Kier molecular flexibility index (Phi) is 5.38. The third kappa shape index (κ3) is 3.56. The summed E-state index contributed by atoms with van der Waals surface area (Å²) >= 11 is 0. The number of nitriles is 1. The number of rotatable bonds is 6. The van der Waals surface area contributed by atoms with Gasteiger partial charge in [0.2, 0.25) is 0 Å². The molecule has 0 fully saturated rings. The zero-order valence-electron chi connectivity index (χ0n) is 10.0. The van der Waals surface area contributed by atoms with Crippen molar-refractivity contribution in [2.24, 2.45) is 0 Å². The van der Waals surface area contributed by atoms with Crippen LogP contribution in [-0.4, -0.2) is 31.1 Å².